The maximum Gasteiger partial charge on any atom is 0.251 e. The third-order valence-electron chi connectivity index (χ3n) is 6.31. The zero-order valence-electron chi connectivity index (χ0n) is 17.5. The molecule has 0 radical (unpaired) electrons. The van der Waals surface area contributed by atoms with Gasteiger partial charge in [0, 0.05) is 48.6 Å². The molecule has 0 saturated heterocycles. The highest BCUT2D eigenvalue weighted by Gasteiger charge is 2.28. The van der Waals surface area contributed by atoms with Crippen molar-refractivity contribution >= 4 is 29.3 Å². The van der Waals surface area contributed by atoms with Crippen LogP contribution in [-0.2, 0) is 11.3 Å². The molecule has 0 spiro atoms. The van der Waals surface area contributed by atoms with Gasteiger partial charge in [-0.15, -0.1) is 0 Å². The lowest BCUT2D eigenvalue weighted by Gasteiger charge is -2.24. The molecule has 5 rings (SSSR count). The Labute approximate surface area is 181 Å². The van der Waals surface area contributed by atoms with E-state index in [-0.39, 0.29) is 17.7 Å². The third kappa shape index (κ3) is 4.47. The zero-order chi connectivity index (χ0) is 21.2. The van der Waals surface area contributed by atoms with Gasteiger partial charge in [0.2, 0.25) is 11.9 Å². The number of rotatable bonds is 9. The highest BCUT2D eigenvalue weighted by Crippen LogP contribution is 2.42. The second-order valence-electron chi connectivity index (χ2n) is 8.65. The average Bonchev–Trinajstić information content (AvgIpc) is 3.50. The van der Waals surface area contributed by atoms with Gasteiger partial charge in [0.1, 0.15) is 5.82 Å². The van der Waals surface area contributed by atoms with E-state index in [1.54, 1.807) is 0 Å². The van der Waals surface area contributed by atoms with E-state index < -0.39 is 0 Å². The predicted octanol–water partition coefficient (Wildman–Crippen LogP) is 3.06. The second kappa shape index (κ2) is 8.53. The summed E-state index contributed by atoms with van der Waals surface area (Å²) in [6.45, 7) is 1.99. The summed E-state index contributed by atoms with van der Waals surface area (Å²) in [6, 6.07) is 5.73. The van der Waals surface area contributed by atoms with Gasteiger partial charge in [-0.05, 0) is 55.7 Å². The summed E-state index contributed by atoms with van der Waals surface area (Å²) in [6.07, 6.45) is 8.31. The van der Waals surface area contributed by atoms with Gasteiger partial charge in [-0.25, -0.2) is 4.98 Å². The number of nitrogens with zero attached hydrogens (tertiary/aromatic N) is 2. The summed E-state index contributed by atoms with van der Waals surface area (Å²) in [5.41, 5.74) is 3.64. The van der Waals surface area contributed by atoms with Gasteiger partial charge in [0.25, 0.3) is 5.91 Å². The Bertz CT molecular complexity index is 1000. The number of hydrogen-bond donors (Lipinski definition) is 4. The molecule has 2 saturated carbocycles. The molecule has 1 aromatic heterocycles. The van der Waals surface area contributed by atoms with Crippen LogP contribution in [0.4, 0.5) is 17.5 Å². The van der Waals surface area contributed by atoms with Crippen molar-refractivity contribution in [3.63, 3.8) is 0 Å². The fourth-order valence-electron chi connectivity index (χ4n) is 4.03. The van der Waals surface area contributed by atoms with E-state index in [2.05, 4.69) is 26.3 Å². The van der Waals surface area contributed by atoms with Crippen molar-refractivity contribution in [2.45, 2.75) is 51.0 Å². The van der Waals surface area contributed by atoms with Crippen LogP contribution >= 0.6 is 0 Å². The van der Waals surface area contributed by atoms with Crippen molar-refractivity contribution in [2.75, 3.05) is 23.7 Å². The molecule has 0 bridgehead atoms. The van der Waals surface area contributed by atoms with Crippen molar-refractivity contribution in [1.29, 1.82) is 0 Å². The van der Waals surface area contributed by atoms with Crippen LogP contribution in [0.3, 0.4) is 0 Å². The van der Waals surface area contributed by atoms with Crippen molar-refractivity contribution in [3.05, 3.63) is 41.1 Å². The molecule has 3 aliphatic rings. The number of amides is 2. The molecule has 2 heterocycles. The number of nitrogens with one attached hydrogen (secondary N) is 4. The summed E-state index contributed by atoms with van der Waals surface area (Å²) in [7, 11) is 0. The molecule has 2 aromatic rings. The number of anilines is 3. The molecule has 31 heavy (non-hydrogen) atoms. The van der Waals surface area contributed by atoms with Gasteiger partial charge in [0.05, 0.1) is 0 Å². The quantitative estimate of drug-likeness (QED) is 0.465. The standard InChI is InChI=1S/C23H28N6O2/c30-21(15-3-1-4-15)25-10-2-9-24-20-19(14-5-6-14)13-27-23(29-20)28-17-8-7-16-12-26-22(31)18(16)11-17/h7-8,11,13-15H,1-6,9-10,12H2,(H,25,30)(H,26,31)(H2,24,27,28,29). The second-order valence-corrected chi connectivity index (χ2v) is 8.65. The van der Waals surface area contributed by atoms with E-state index >= 15 is 0 Å². The van der Waals surface area contributed by atoms with Crippen LogP contribution in [0.15, 0.2) is 24.4 Å². The summed E-state index contributed by atoms with van der Waals surface area (Å²) in [5, 5.41) is 12.5. The Morgan fingerprint density at radius 2 is 2.03 bits per heavy atom. The first-order valence-electron chi connectivity index (χ1n) is 11.2. The number of fused-ring (bicyclic) bond motifs is 1. The molecule has 0 atom stereocenters. The van der Waals surface area contributed by atoms with Crippen LogP contribution in [0, 0.1) is 5.92 Å². The van der Waals surface area contributed by atoms with Crippen LogP contribution in [0.2, 0.25) is 0 Å². The molecule has 2 aliphatic carbocycles. The third-order valence-corrected chi connectivity index (χ3v) is 6.31. The van der Waals surface area contributed by atoms with E-state index in [4.69, 9.17) is 4.98 Å². The maximum absolute atomic E-state index is 11.9. The summed E-state index contributed by atoms with van der Waals surface area (Å²) >= 11 is 0. The largest absolute Gasteiger partial charge is 0.370 e. The smallest absolute Gasteiger partial charge is 0.251 e. The van der Waals surface area contributed by atoms with Gasteiger partial charge in [0.15, 0.2) is 0 Å². The fraction of sp³-hybridized carbons (Fsp3) is 0.478. The molecule has 1 aromatic carbocycles. The molecule has 8 heteroatoms. The van der Waals surface area contributed by atoms with E-state index in [9.17, 15) is 9.59 Å². The Kier molecular flexibility index (Phi) is 5.44. The van der Waals surface area contributed by atoms with Crippen LogP contribution < -0.4 is 21.3 Å². The first kappa shape index (κ1) is 19.8. The zero-order valence-corrected chi connectivity index (χ0v) is 17.5. The number of carbonyl (C=O) groups excluding carboxylic acids is 2. The topological polar surface area (TPSA) is 108 Å². The van der Waals surface area contributed by atoms with E-state index in [0.717, 1.165) is 48.4 Å². The van der Waals surface area contributed by atoms with Gasteiger partial charge < -0.3 is 21.3 Å². The van der Waals surface area contributed by atoms with Crippen LogP contribution in [0.1, 0.15) is 65.9 Å². The van der Waals surface area contributed by atoms with Crippen molar-refractivity contribution < 1.29 is 9.59 Å². The number of benzene rings is 1. The highest BCUT2D eigenvalue weighted by molar-refractivity contribution is 5.99. The molecular formula is C23H28N6O2. The van der Waals surface area contributed by atoms with Gasteiger partial charge >= 0.3 is 0 Å². The van der Waals surface area contributed by atoms with Crippen LogP contribution in [0.5, 0.6) is 0 Å². The average molecular weight is 421 g/mol. The monoisotopic (exact) mass is 420 g/mol. The molecule has 4 N–H and O–H groups in total. The molecule has 162 valence electrons. The lowest BCUT2D eigenvalue weighted by atomic mass is 9.85. The summed E-state index contributed by atoms with van der Waals surface area (Å²) in [4.78, 5) is 33.0. The molecule has 2 fully saturated rings. The normalized spacial score (nSPS) is 17.5. The molecular weight excluding hydrogens is 392 g/mol. The van der Waals surface area contributed by atoms with Gasteiger partial charge in [-0.1, -0.05) is 12.5 Å². The maximum atomic E-state index is 11.9. The SMILES string of the molecule is O=C1NCc2ccc(Nc3ncc(C4CC4)c(NCCCNC(=O)C4CCC4)n3)cc21. The number of hydrogen-bond acceptors (Lipinski definition) is 6. The Balaban J connectivity index is 1.20. The van der Waals surface area contributed by atoms with E-state index in [1.165, 1.54) is 19.3 Å². The summed E-state index contributed by atoms with van der Waals surface area (Å²) < 4.78 is 0. The number of carbonyl (C=O) groups is 2. The highest BCUT2D eigenvalue weighted by atomic mass is 16.2. The van der Waals surface area contributed by atoms with Crippen molar-refractivity contribution in [1.82, 2.24) is 20.6 Å². The van der Waals surface area contributed by atoms with Gasteiger partial charge in [-0.3, -0.25) is 9.59 Å². The van der Waals surface area contributed by atoms with Crippen LogP contribution in [-0.4, -0.2) is 34.9 Å². The lowest BCUT2D eigenvalue weighted by Crippen LogP contribution is -2.35. The molecule has 2 amide bonds. The fourth-order valence-corrected chi connectivity index (χ4v) is 4.03. The van der Waals surface area contributed by atoms with E-state index in [0.29, 0.717) is 30.5 Å². The predicted molar refractivity (Wildman–Crippen MR) is 118 cm³/mol. The minimum atomic E-state index is -0.0459. The van der Waals surface area contributed by atoms with Gasteiger partial charge in [-0.2, -0.15) is 4.98 Å². The lowest BCUT2D eigenvalue weighted by molar-refractivity contribution is -0.127. The minimum absolute atomic E-state index is 0.0459. The Morgan fingerprint density at radius 3 is 2.81 bits per heavy atom. The summed E-state index contributed by atoms with van der Waals surface area (Å²) in [5.74, 6) is 2.26. The van der Waals surface area contributed by atoms with Crippen LogP contribution in [0.25, 0.3) is 0 Å². The van der Waals surface area contributed by atoms with Crippen molar-refractivity contribution in [3.8, 4) is 0 Å². The van der Waals surface area contributed by atoms with Crippen molar-refractivity contribution in [2.24, 2.45) is 5.92 Å². The first-order chi connectivity index (χ1) is 15.2. The number of aromatic nitrogens is 2. The molecule has 0 unspecified atom stereocenters. The Hall–Kier alpha value is -3.16. The first-order valence-corrected chi connectivity index (χ1v) is 11.2. The molecule has 1 aliphatic heterocycles. The molecule has 8 nitrogen and oxygen atoms in total. The Morgan fingerprint density at radius 1 is 1.16 bits per heavy atom. The minimum Gasteiger partial charge on any atom is -0.370 e. The van der Waals surface area contributed by atoms with E-state index in [1.807, 2.05) is 24.4 Å².